The fraction of sp³-hybridized carbons (Fsp3) is 0.429. The largest absolute Gasteiger partial charge is 0.326 e. The van der Waals surface area contributed by atoms with E-state index in [0.29, 0.717) is 35.0 Å². The van der Waals surface area contributed by atoms with Crippen LogP contribution >= 0.6 is 11.3 Å². The zero-order valence-electron chi connectivity index (χ0n) is 16.8. The first-order chi connectivity index (χ1) is 14.3. The van der Waals surface area contributed by atoms with E-state index in [0.717, 1.165) is 18.4 Å². The first kappa shape index (κ1) is 21.0. The molecule has 7 nitrogen and oxygen atoms in total. The smallest absolute Gasteiger partial charge is 0.252 e. The van der Waals surface area contributed by atoms with E-state index in [4.69, 9.17) is 0 Å². The zero-order valence-corrected chi connectivity index (χ0v) is 18.4. The van der Waals surface area contributed by atoms with E-state index >= 15 is 0 Å². The fourth-order valence-corrected chi connectivity index (χ4v) is 6.24. The number of carbonyl (C=O) groups excluding carboxylic acids is 2. The van der Waals surface area contributed by atoms with Gasteiger partial charge in [0.1, 0.15) is 4.21 Å². The fourth-order valence-electron chi connectivity index (χ4n) is 3.57. The summed E-state index contributed by atoms with van der Waals surface area (Å²) in [5.41, 5.74) is 2.16. The van der Waals surface area contributed by atoms with Crippen LogP contribution in [-0.4, -0.2) is 37.6 Å². The Balaban J connectivity index is 1.44. The summed E-state index contributed by atoms with van der Waals surface area (Å²) in [4.78, 5) is 24.9. The van der Waals surface area contributed by atoms with Crippen molar-refractivity contribution in [2.24, 2.45) is 11.8 Å². The van der Waals surface area contributed by atoms with Gasteiger partial charge in [-0.3, -0.25) is 9.59 Å². The maximum absolute atomic E-state index is 12.9. The highest BCUT2D eigenvalue weighted by Crippen LogP contribution is 2.31. The van der Waals surface area contributed by atoms with Crippen LogP contribution in [-0.2, 0) is 19.6 Å². The zero-order chi connectivity index (χ0) is 21.3. The monoisotopic (exact) mass is 447 g/mol. The number of carbonyl (C=O) groups is 2. The molecule has 9 heteroatoms. The van der Waals surface area contributed by atoms with Gasteiger partial charge in [0.25, 0.3) is 10.0 Å². The highest BCUT2D eigenvalue weighted by Gasteiger charge is 2.34. The number of nitrogens with zero attached hydrogens (tertiary/aromatic N) is 1. The predicted molar refractivity (Wildman–Crippen MR) is 117 cm³/mol. The average molecular weight is 448 g/mol. The van der Waals surface area contributed by atoms with Crippen LogP contribution in [0.15, 0.2) is 39.9 Å². The van der Waals surface area contributed by atoms with E-state index in [2.05, 4.69) is 10.6 Å². The maximum Gasteiger partial charge on any atom is 0.252 e. The highest BCUT2D eigenvalue weighted by molar-refractivity contribution is 7.91. The maximum atomic E-state index is 12.9. The van der Waals surface area contributed by atoms with Crippen LogP contribution in [0.4, 0.5) is 11.4 Å². The van der Waals surface area contributed by atoms with Crippen LogP contribution in [0, 0.1) is 18.8 Å². The lowest BCUT2D eigenvalue weighted by Gasteiger charge is -2.31. The van der Waals surface area contributed by atoms with Crippen LogP contribution in [0.1, 0.15) is 31.2 Å². The van der Waals surface area contributed by atoms with Crippen LogP contribution in [0.25, 0.3) is 0 Å². The Kier molecular flexibility index (Phi) is 5.95. The van der Waals surface area contributed by atoms with Gasteiger partial charge in [-0.05, 0) is 61.7 Å². The second-order valence-corrected chi connectivity index (χ2v) is 11.0. The Morgan fingerprint density at radius 2 is 1.83 bits per heavy atom. The summed E-state index contributed by atoms with van der Waals surface area (Å²) in [6.07, 6.45) is 3.13. The van der Waals surface area contributed by atoms with Crippen molar-refractivity contribution in [2.45, 2.75) is 36.8 Å². The molecule has 1 aliphatic heterocycles. The van der Waals surface area contributed by atoms with E-state index in [9.17, 15) is 18.0 Å². The van der Waals surface area contributed by atoms with Crippen molar-refractivity contribution < 1.29 is 18.0 Å². The second kappa shape index (κ2) is 8.49. The Labute approximate surface area is 180 Å². The SMILES string of the molecule is Cc1ccc(NC(=O)C2CC2)cc1NC(=O)C1CCCN(S(=O)(=O)c2cccs2)C1. The molecule has 4 rings (SSSR count). The van der Waals surface area contributed by atoms with E-state index < -0.39 is 15.9 Å². The summed E-state index contributed by atoms with van der Waals surface area (Å²) >= 11 is 1.19. The summed E-state index contributed by atoms with van der Waals surface area (Å²) in [6.45, 7) is 2.48. The number of sulfonamides is 1. The van der Waals surface area contributed by atoms with Crippen LogP contribution in [0.2, 0.25) is 0 Å². The quantitative estimate of drug-likeness (QED) is 0.709. The molecule has 1 atom stereocenters. The number of benzene rings is 1. The Bertz CT molecular complexity index is 1050. The Morgan fingerprint density at radius 1 is 1.07 bits per heavy atom. The minimum absolute atomic E-state index is 0.0119. The van der Waals surface area contributed by atoms with Gasteiger partial charge in [0.2, 0.25) is 11.8 Å². The van der Waals surface area contributed by atoms with Crippen molar-refractivity contribution in [3.05, 3.63) is 41.3 Å². The lowest BCUT2D eigenvalue weighted by Crippen LogP contribution is -2.43. The molecule has 2 amide bonds. The molecule has 30 heavy (non-hydrogen) atoms. The molecular formula is C21H25N3O4S2. The molecule has 2 aliphatic rings. The molecule has 0 radical (unpaired) electrons. The Hall–Kier alpha value is -2.23. The topological polar surface area (TPSA) is 95.6 Å². The molecule has 2 N–H and O–H groups in total. The number of amides is 2. The van der Waals surface area contributed by atoms with E-state index in [-0.39, 0.29) is 24.3 Å². The van der Waals surface area contributed by atoms with Gasteiger partial charge >= 0.3 is 0 Å². The molecule has 2 aromatic rings. The number of hydrogen-bond donors (Lipinski definition) is 2. The van der Waals surface area contributed by atoms with Gasteiger partial charge in [-0.15, -0.1) is 11.3 Å². The number of rotatable bonds is 6. The number of thiophene rings is 1. The summed E-state index contributed by atoms with van der Waals surface area (Å²) in [5.74, 6) is -0.506. The summed E-state index contributed by atoms with van der Waals surface area (Å²) in [7, 11) is -3.56. The number of aryl methyl sites for hydroxylation is 1. The average Bonchev–Trinajstić information content (AvgIpc) is 3.44. The van der Waals surface area contributed by atoms with E-state index in [1.165, 1.54) is 15.6 Å². The number of hydrogen-bond acceptors (Lipinski definition) is 5. The molecule has 1 saturated carbocycles. The normalized spacial score (nSPS) is 20.0. The minimum Gasteiger partial charge on any atom is -0.326 e. The summed E-state index contributed by atoms with van der Waals surface area (Å²) in [5, 5.41) is 7.56. The van der Waals surface area contributed by atoms with Gasteiger partial charge in [-0.25, -0.2) is 8.42 Å². The van der Waals surface area contributed by atoms with Gasteiger partial charge < -0.3 is 10.6 Å². The van der Waals surface area contributed by atoms with Crippen LogP contribution < -0.4 is 10.6 Å². The number of anilines is 2. The first-order valence-electron chi connectivity index (χ1n) is 10.1. The number of nitrogens with one attached hydrogen (secondary N) is 2. The predicted octanol–water partition coefficient (Wildman–Crippen LogP) is 3.44. The molecule has 0 spiro atoms. The third kappa shape index (κ3) is 4.58. The minimum atomic E-state index is -3.56. The van der Waals surface area contributed by atoms with Crippen molar-refractivity contribution in [1.82, 2.24) is 4.31 Å². The van der Waals surface area contributed by atoms with Crippen molar-refractivity contribution >= 4 is 44.5 Å². The molecule has 1 aromatic heterocycles. The van der Waals surface area contributed by atoms with Crippen molar-refractivity contribution in [2.75, 3.05) is 23.7 Å². The Morgan fingerprint density at radius 3 is 2.53 bits per heavy atom. The molecular weight excluding hydrogens is 422 g/mol. The molecule has 2 heterocycles. The molecule has 160 valence electrons. The standard InChI is InChI=1S/C21H25N3O4S2/c1-14-6-9-17(22-20(25)15-7-8-15)12-18(14)23-21(26)16-4-2-10-24(13-16)30(27,28)19-5-3-11-29-19/h3,5-6,9,11-12,15-16H,2,4,7-8,10,13H2,1H3,(H,22,25)(H,23,26). The van der Waals surface area contributed by atoms with Crippen molar-refractivity contribution in [1.29, 1.82) is 0 Å². The van der Waals surface area contributed by atoms with Crippen molar-refractivity contribution in [3.63, 3.8) is 0 Å². The lowest BCUT2D eigenvalue weighted by atomic mass is 9.98. The number of piperidine rings is 1. The van der Waals surface area contributed by atoms with Gasteiger partial charge in [0.15, 0.2) is 0 Å². The lowest BCUT2D eigenvalue weighted by molar-refractivity contribution is -0.121. The van der Waals surface area contributed by atoms with Gasteiger partial charge in [-0.1, -0.05) is 12.1 Å². The third-order valence-electron chi connectivity index (χ3n) is 5.56. The van der Waals surface area contributed by atoms with Gasteiger partial charge in [-0.2, -0.15) is 4.31 Å². The van der Waals surface area contributed by atoms with E-state index in [1.54, 1.807) is 23.6 Å². The highest BCUT2D eigenvalue weighted by atomic mass is 32.2. The molecule has 1 unspecified atom stereocenters. The molecule has 1 saturated heterocycles. The summed E-state index contributed by atoms with van der Waals surface area (Å²) in [6, 6.07) is 8.74. The van der Waals surface area contributed by atoms with Crippen LogP contribution in [0.3, 0.4) is 0 Å². The van der Waals surface area contributed by atoms with Gasteiger partial charge in [0, 0.05) is 30.4 Å². The molecule has 2 fully saturated rings. The molecule has 1 aromatic carbocycles. The van der Waals surface area contributed by atoms with Crippen LogP contribution in [0.5, 0.6) is 0 Å². The molecule has 0 bridgehead atoms. The first-order valence-corrected chi connectivity index (χ1v) is 12.4. The van der Waals surface area contributed by atoms with Crippen molar-refractivity contribution in [3.8, 4) is 0 Å². The molecule has 1 aliphatic carbocycles. The summed E-state index contributed by atoms with van der Waals surface area (Å²) < 4.78 is 27.3. The third-order valence-corrected chi connectivity index (χ3v) is 8.79. The van der Waals surface area contributed by atoms with E-state index in [1.807, 2.05) is 19.1 Å². The second-order valence-electron chi connectivity index (χ2n) is 7.92. The van der Waals surface area contributed by atoms with Gasteiger partial charge in [0.05, 0.1) is 5.92 Å².